The van der Waals surface area contributed by atoms with E-state index < -0.39 is 0 Å². The van der Waals surface area contributed by atoms with E-state index in [0.29, 0.717) is 6.61 Å². The van der Waals surface area contributed by atoms with E-state index in [1.165, 1.54) is 4.88 Å². The Kier molecular flexibility index (Phi) is 7.66. The zero-order chi connectivity index (χ0) is 15.0. The lowest BCUT2D eigenvalue weighted by atomic mass is 9.98. The number of rotatable bonds is 10. The van der Waals surface area contributed by atoms with E-state index in [4.69, 9.17) is 14.5 Å². The second-order valence-corrected chi connectivity index (χ2v) is 5.99. The Morgan fingerprint density at radius 3 is 2.40 bits per heavy atom. The molecule has 0 radical (unpaired) electrons. The molecule has 0 aromatic carbocycles. The van der Waals surface area contributed by atoms with Crippen LogP contribution in [0.1, 0.15) is 55.6 Å². The molecule has 20 heavy (non-hydrogen) atoms. The van der Waals surface area contributed by atoms with Gasteiger partial charge in [-0.1, -0.05) is 20.8 Å². The van der Waals surface area contributed by atoms with Gasteiger partial charge in [0.05, 0.1) is 12.3 Å². The van der Waals surface area contributed by atoms with Gasteiger partial charge in [-0.05, 0) is 25.8 Å². The lowest BCUT2D eigenvalue weighted by molar-refractivity contribution is -0.0221. The monoisotopic (exact) mass is 300 g/mol. The number of ether oxygens (including phenoxy) is 2. The number of aromatic nitrogens is 1. The maximum absolute atomic E-state index is 5.78. The molecule has 0 aliphatic carbocycles. The van der Waals surface area contributed by atoms with Gasteiger partial charge < -0.3 is 14.8 Å². The van der Waals surface area contributed by atoms with Crippen molar-refractivity contribution >= 4 is 11.3 Å². The predicted molar refractivity (Wildman–Crippen MR) is 84.1 cm³/mol. The van der Waals surface area contributed by atoms with E-state index in [2.05, 4.69) is 26.1 Å². The number of hydrogen-bond donors (Lipinski definition) is 1. The van der Waals surface area contributed by atoms with Gasteiger partial charge in [-0.3, -0.25) is 0 Å². The molecule has 0 aliphatic rings. The summed E-state index contributed by atoms with van der Waals surface area (Å²) in [7, 11) is 3.49. The minimum atomic E-state index is -0.254. The topological polar surface area (TPSA) is 43.4 Å². The smallest absolute Gasteiger partial charge is 0.125 e. The molecule has 1 heterocycles. The van der Waals surface area contributed by atoms with E-state index in [0.717, 1.165) is 43.1 Å². The van der Waals surface area contributed by atoms with E-state index >= 15 is 0 Å². The zero-order valence-corrected chi connectivity index (χ0v) is 14.2. The lowest BCUT2D eigenvalue weighted by Crippen LogP contribution is -2.26. The standard InChI is InChI=1S/C15H28N2O2S/c1-6-9-16-10-13-12(11-18-4)17-14(20-13)15(7-2,8-3)19-5/h16H,6-11H2,1-5H3. The van der Waals surface area contributed by atoms with Crippen molar-refractivity contribution in [1.82, 2.24) is 10.3 Å². The van der Waals surface area contributed by atoms with Crippen LogP contribution in [0.5, 0.6) is 0 Å². The third kappa shape index (κ3) is 4.01. The van der Waals surface area contributed by atoms with Gasteiger partial charge in [0.15, 0.2) is 0 Å². The van der Waals surface area contributed by atoms with Crippen molar-refractivity contribution in [2.24, 2.45) is 0 Å². The van der Waals surface area contributed by atoms with Crippen LogP contribution in [-0.4, -0.2) is 25.7 Å². The van der Waals surface area contributed by atoms with Gasteiger partial charge >= 0.3 is 0 Å². The normalized spacial score (nSPS) is 12.1. The van der Waals surface area contributed by atoms with E-state index in [-0.39, 0.29) is 5.60 Å². The van der Waals surface area contributed by atoms with Crippen molar-refractivity contribution in [3.8, 4) is 0 Å². The summed E-state index contributed by atoms with van der Waals surface area (Å²) in [6.45, 7) is 8.92. The molecule has 0 bridgehead atoms. The van der Waals surface area contributed by atoms with Crippen LogP contribution in [0.4, 0.5) is 0 Å². The quantitative estimate of drug-likeness (QED) is 0.672. The molecule has 0 fully saturated rings. The van der Waals surface area contributed by atoms with Crippen LogP contribution in [0.3, 0.4) is 0 Å². The Morgan fingerprint density at radius 1 is 1.20 bits per heavy atom. The van der Waals surface area contributed by atoms with Crippen molar-refractivity contribution in [1.29, 1.82) is 0 Å². The fraction of sp³-hybridized carbons (Fsp3) is 0.800. The summed E-state index contributed by atoms with van der Waals surface area (Å²) in [5.74, 6) is 0. The van der Waals surface area contributed by atoms with Gasteiger partial charge in [0.2, 0.25) is 0 Å². The van der Waals surface area contributed by atoms with Crippen LogP contribution < -0.4 is 5.32 Å². The summed E-state index contributed by atoms with van der Waals surface area (Å²) >= 11 is 1.75. The molecule has 0 spiro atoms. The molecule has 5 heteroatoms. The molecule has 1 aromatic rings. The molecule has 116 valence electrons. The molecule has 1 rings (SSSR count). The first-order chi connectivity index (χ1) is 9.67. The van der Waals surface area contributed by atoms with Crippen LogP contribution >= 0.6 is 11.3 Å². The number of nitrogens with zero attached hydrogens (tertiary/aromatic N) is 1. The highest BCUT2D eigenvalue weighted by Gasteiger charge is 2.32. The van der Waals surface area contributed by atoms with E-state index in [1.807, 2.05) is 0 Å². The van der Waals surface area contributed by atoms with Crippen molar-refractivity contribution in [2.45, 2.75) is 58.8 Å². The Morgan fingerprint density at radius 2 is 1.90 bits per heavy atom. The third-order valence-corrected chi connectivity index (χ3v) is 4.98. The minimum absolute atomic E-state index is 0.254. The average molecular weight is 300 g/mol. The van der Waals surface area contributed by atoms with E-state index in [1.54, 1.807) is 25.6 Å². The van der Waals surface area contributed by atoms with Crippen molar-refractivity contribution in [3.05, 3.63) is 15.6 Å². The van der Waals surface area contributed by atoms with Gasteiger partial charge in [-0.25, -0.2) is 4.98 Å². The molecule has 0 unspecified atom stereocenters. The highest BCUT2D eigenvalue weighted by atomic mass is 32.1. The molecule has 4 nitrogen and oxygen atoms in total. The van der Waals surface area contributed by atoms with Crippen molar-refractivity contribution in [3.63, 3.8) is 0 Å². The van der Waals surface area contributed by atoms with Crippen LogP contribution in [0.25, 0.3) is 0 Å². The van der Waals surface area contributed by atoms with Crippen molar-refractivity contribution in [2.75, 3.05) is 20.8 Å². The summed E-state index contributed by atoms with van der Waals surface area (Å²) in [4.78, 5) is 6.05. The zero-order valence-electron chi connectivity index (χ0n) is 13.4. The number of hydrogen-bond acceptors (Lipinski definition) is 5. The molecule has 0 atom stereocenters. The summed E-state index contributed by atoms with van der Waals surface area (Å²) in [6, 6.07) is 0. The number of thiazole rings is 1. The Balaban J connectivity index is 3.00. The maximum Gasteiger partial charge on any atom is 0.125 e. The maximum atomic E-state index is 5.78. The summed E-state index contributed by atoms with van der Waals surface area (Å²) in [5.41, 5.74) is 0.787. The first-order valence-electron chi connectivity index (χ1n) is 7.41. The van der Waals surface area contributed by atoms with Crippen LogP contribution in [0.2, 0.25) is 0 Å². The minimum Gasteiger partial charge on any atom is -0.378 e. The van der Waals surface area contributed by atoms with Crippen LogP contribution in [0, 0.1) is 0 Å². The Bertz CT molecular complexity index is 381. The summed E-state index contributed by atoms with van der Waals surface area (Å²) in [6.07, 6.45) is 3.00. The van der Waals surface area contributed by atoms with Crippen molar-refractivity contribution < 1.29 is 9.47 Å². The highest BCUT2D eigenvalue weighted by molar-refractivity contribution is 7.11. The van der Waals surface area contributed by atoms with Gasteiger partial charge in [0.25, 0.3) is 0 Å². The SMILES string of the molecule is CCCNCc1sc(C(CC)(CC)OC)nc1COC. The average Bonchev–Trinajstić information content (AvgIpc) is 2.86. The molecular formula is C15H28N2O2S. The second-order valence-electron chi connectivity index (χ2n) is 4.90. The fourth-order valence-electron chi connectivity index (χ4n) is 2.27. The van der Waals surface area contributed by atoms with Gasteiger partial charge in [-0.2, -0.15) is 0 Å². The Labute approximate surface area is 126 Å². The van der Waals surface area contributed by atoms with Gasteiger partial charge in [-0.15, -0.1) is 11.3 Å². The highest BCUT2D eigenvalue weighted by Crippen LogP contribution is 2.36. The molecule has 0 saturated heterocycles. The largest absolute Gasteiger partial charge is 0.378 e. The third-order valence-electron chi connectivity index (χ3n) is 3.69. The lowest BCUT2D eigenvalue weighted by Gasteiger charge is -2.27. The summed E-state index contributed by atoms with van der Waals surface area (Å²) in [5, 5.41) is 4.52. The van der Waals surface area contributed by atoms with Crippen LogP contribution in [0.15, 0.2) is 0 Å². The fourth-order valence-corrected chi connectivity index (χ4v) is 3.62. The first kappa shape index (κ1) is 17.6. The molecule has 0 aliphatic heterocycles. The van der Waals surface area contributed by atoms with Gasteiger partial charge in [0.1, 0.15) is 10.6 Å². The summed E-state index contributed by atoms with van der Waals surface area (Å²) < 4.78 is 11.1. The first-order valence-corrected chi connectivity index (χ1v) is 8.22. The molecule has 1 N–H and O–H groups in total. The predicted octanol–water partition coefficient (Wildman–Crippen LogP) is 3.45. The molecule has 1 aromatic heterocycles. The second kappa shape index (κ2) is 8.72. The molecule has 0 amide bonds. The molecular weight excluding hydrogens is 272 g/mol. The van der Waals surface area contributed by atoms with Crippen LogP contribution in [-0.2, 0) is 28.2 Å². The number of methoxy groups -OCH3 is 2. The van der Waals surface area contributed by atoms with Gasteiger partial charge in [0, 0.05) is 25.6 Å². The molecule has 0 saturated carbocycles. The Hall–Kier alpha value is -0.490. The van der Waals surface area contributed by atoms with E-state index in [9.17, 15) is 0 Å². The number of nitrogens with one attached hydrogen (secondary N) is 1.